The van der Waals surface area contributed by atoms with E-state index in [-0.39, 0.29) is 0 Å². The van der Waals surface area contributed by atoms with Crippen molar-refractivity contribution < 1.29 is 0 Å². The van der Waals surface area contributed by atoms with Crippen LogP contribution in [0.5, 0.6) is 0 Å². The van der Waals surface area contributed by atoms with Crippen LogP contribution < -0.4 is 0 Å². The molecule has 0 fully saturated rings. The Balaban J connectivity index is 2.14. The quantitative estimate of drug-likeness (QED) is 0.667. The molecule has 0 spiro atoms. The van der Waals surface area contributed by atoms with Crippen molar-refractivity contribution in [1.82, 2.24) is 14.4 Å². The van der Waals surface area contributed by atoms with Gasteiger partial charge in [0.15, 0.2) is 5.65 Å². The normalized spacial score (nSPS) is 11.1. The highest BCUT2D eigenvalue weighted by Crippen LogP contribution is 2.20. The van der Waals surface area contributed by atoms with Crippen molar-refractivity contribution in [3.63, 3.8) is 0 Å². The molecule has 4 heteroatoms. The highest BCUT2D eigenvalue weighted by molar-refractivity contribution is 6.29. The molecular formula is C15H14ClN3. The third-order valence-electron chi connectivity index (χ3n) is 3.13. The third-order valence-corrected chi connectivity index (χ3v) is 3.41. The van der Waals surface area contributed by atoms with Gasteiger partial charge in [-0.25, -0.2) is 9.97 Å². The number of imidazole rings is 1. The number of hydrogen-bond acceptors (Lipinski definition) is 2. The molecule has 0 N–H and O–H groups in total. The van der Waals surface area contributed by atoms with E-state index in [1.54, 1.807) is 0 Å². The molecule has 0 atom stereocenters. The zero-order valence-electron chi connectivity index (χ0n) is 10.9. The maximum atomic E-state index is 6.27. The van der Waals surface area contributed by atoms with Crippen LogP contribution in [0.2, 0.25) is 5.15 Å². The maximum absolute atomic E-state index is 6.27. The van der Waals surface area contributed by atoms with E-state index >= 15 is 0 Å². The van der Waals surface area contributed by atoms with E-state index in [1.165, 1.54) is 5.56 Å². The molecule has 0 aliphatic rings. The molecule has 0 saturated carbocycles. The summed E-state index contributed by atoms with van der Waals surface area (Å²) in [5.74, 6) is 0.874. The Bertz CT molecular complexity index is 732. The van der Waals surface area contributed by atoms with Gasteiger partial charge in [-0.1, -0.05) is 41.9 Å². The molecule has 2 aromatic heterocycles. The van der Waals surface area contributed by atoms with Crippen molar-refractivity contribution in [2.75, 3.05) is 0 Å². The van der Waals surface area contributed by atoms with Gasteiger partial charge in [0.05, 0.1) is 5.69 Å². The summed E-state index contributed by atoms with van der Waals surface area (Å²) in [4.78, 5) is 9.17. The zero-order valence-corrected chi connectivity index (χ0v) is 11.6. The van der Waals surface area contributed by atoms with E-state index in [2.05, 4.69) is 22.1 Å². The van der Waals surface area contributed by atoms with Gasteiger partial charge in [-0.2, -0.15) is 0 Å². The van der Waals surface area contributed by atoms with Gasteiger partial charge < -0.3 is 0 Å². The van der Waals surface area contributed by atoms with E-state index < -0.39 is 0 Å². The van der Waals surface area contributed by atoms with Gasteiger partial charge in [0.1, 0.15) is 11.0 Å². The molecule has 0 unspecified atom stereocenters. The van der Waals surface area contributed by atoms with E-state index in [9.17, 15) is 0 Å². The number of benzene rings is 1. The average Bonchev–Trinajstić information content (AvgIpc) is 2.67. The lowest BCUT2D eigenvalue weighted by molar-refractivity contribution is 1.01. The second-order valence-electron chi connectivity index (χ2n) is 4.65. The number of nitrogens with zero attached hydrogens (tertiary/aromatic N) is 3. The van der Waals surface area contributed by atoms with Crippen molar-refractivity contribution in [3.8, 4) is 0 Å². The summed E-state index contributed by atoms with van der Waals surface area (Å²) in [5, 5.41) is 0.659. The van der Waals surface area contributed by atoms with Gasteiger partial charge in [0.2, 0.25) is 0 Å². The molecule has 0 bridgehead atoms. The van der Waals surface area contributed by atoms with Crippen LogP contribution in [0, 0.1) is 13.8 Å². The van der Waals surface area contributed by atoms with Crippen molar-refractivity contribution in [1.29, 1.82) is 0 Å². The van der Waals surface area contributed by atoms with Crippen molar-refractivity contribution in [2.24, 2.45) is 0 Å². The molecule has 96 valence electrons. The zero-order chi connectivity index (χ0) is 13.4. The standard InChI is InChI=1S/C15H14ClN3/c1-10-8-14(16)19-11(2)18-13(15(19)17-10)9-12-6-4-3-5-7-12/h3-8H,9H2,1-2H3. The number of aromatic nitrogens is 3. The lowest BCUT2D eigenvalue weighted by atomic mass is 10.1. The van der Waals surface area contributed by atoms with Crippen LogP contribution in [0.4, 0.5) is 0 Å². The number of hydrogen-bond donors (Lipinski definition) is 0. The first-order valence-electron chi connectivity index (χ1n) is 6.20. The first kappa shape index (κ1) is 12.2. The second kappa shape index (κ2) is 4.67. The molecule has 19 heavy (non-hydrogen) atoms. The Kier molecular flexibility index (Phi) is 2.99. The molecule has 0 saturated heterocycles. The predicted octanol–water partition coefficient (Wildman–Crippen LogP) is 3.59. The van der Waals surface area contributed by atoms with E-state index in [1.807, 2.05) is 42.5 Å². The fourth-order valence-electron chi connectivity index (χ4n) is 2.29. The molecule has 0 radical (unpaired) electrons. The minimum Gasteiger partial charge on any atom is -0.271 e. The van der Waals surface area contributed by atoms with Gasteiger partial charge >= 0.3 is 0 Å². The number of aryl methyl sites for hydroxylation is 2. The van der Waals surface area contributed by atoms with Crippen LogP contribution >= 0.6 is 11.6 Å². The number of fused-ring (bicyclic) bond motifs is 1. The highest BCUT2D eigenvalue weighted by Gasteiger charge is 2.13. The van der Waals surface area contributed by atoms with Crippen LogP contribution in [0.1, 0.15) is 22.8 Å². The summed E-state index contributed by atoms with van der Waals surface area (Å²) in [6.07, 6.45) is 0.769. The Hall–Kier alpha value is -1.87. The minimum absolute atomic E-state index is 0.659. The van der Waals surface area contributed by atoms with E-state index in [0.29, 0.717) is 5.15 Å². The van der Waals surface area contributed by atoms with E-state index in [4.69, 9.17) is 11.6 Å². The Morgan fingerprint density at radius 2 is 1.84 bits per heavy atom. The van der Waals surface area contributed by atoms with Gasteiger partial charge in [0, 0.05) is 12.1 Å². The average molecular weight is 272 g/mol. The molecular weight excluding hydrogens is 258 g/mol. The predicted molar refractivity (Wildman–Crippen MR) is 76.7 cm³/mol. The minimum atomic E-state index is 0.659. The molecule has 3 nitrogen and oxygen atoms in total. The van der Waals surface area contributed by atoms with Gasteiger partial charge in [-0.05, 0) is 25.5 Å². The summed E-state index contributed by atoms with van der Waals surface area (Å²) in [6.45, 7) is 3.89. The largest absolute Gasteiger partial charge is 0.271 e. The molecule has 0 aliphatic heterocycles. The fourth-order valence-corrected chi connectivity index (χ4v) is 2.65. The van der Waals surface area contributed by atoms with Crippen LogP contribution in [0.15, 0.2) is 36.4 Å². The van der Waals surface area contributed by atoms with Crippen LogP contribution in [0.3, 0.4) is 0 Å². The summed E-state index contributed by atoms with van der Waals surface area (Å²) >= 11 is 6.27. The first-order chi connectivity index (χ1) is 9.15. The SMILES string of the molecule is Cc1cc(Cl)n2c(C)nc(Cc3ccccc3)c2n1. The number of halogens is 1. The highest BCUT2D eigenvalue weighted by atomic mass is 35.5. The lowest BCUT2D eigenvalue weighted by Crippen LogP contribution is -1.96. The van der Waals surface area contributed by atoms with Crippen molar-refractivity contribution in [2.45, 2.75) is 20.3 Å². The molecule has 2 heterocycles. The summed E-state index contributed by atoms with van der Waals surface area (Å²) in [6, 6.07) is 12.1. The van der Waals surface area contributed by atoms with Gasteiger partial charge in [-0.15, -0.1) is 0 Å². The van der Waals surface area contributed by atoms with Crippen LogP contribution in [-0.2, 0) is 6.42 Å². The third kappa shape index (κ3) is 2.22. The summed E-state index contributed by atoms with van der Waals surface area (Å²) < 4.78 is 1.90. The fraction of sp³-hybridized carbons (Fsp3) is 0.200. The summed E-state index contributed by atoms with van der Waals surface area (Å²) in [7, 11) is 0. The Labute approximate surface area is 116 Å². The molecule has 0 amide bonds. The molecule has 3 aromatic rings. The molecule has 0 aliphatic carbocycles. The molecule has 3 rings (SSSR count). The van der Waals surface area contributed by atoms with Gasteiger partial charge in [-0.3, -0.25) is 4.40 Å². The second-order valence-corrected chi connectivity index (χ2v) is 5.03. The number of rotatable bonds is 2. The smallest absolute Gasteiger partial charge is 0.161 e. The molecule has 1 aromatic carbocycles. The Morgan fingerprint density at radius 1 is 1.11 bits per heavy atom. The first-order valence-corrected chi connectivity index (χ1v) is 6.58. The maximum Gasteiger partial charge on any atom is 0.161 e. The summed E-state index contributed by atoms with van der Waals surface area (Å²) in [5.41, 5.74) is 3.95. The monoisotopic (exact) mass is 271 g/mol. The Morgan fingerprint density at radius 3 is 2.58 bits per heavy atom. The van der Waals surface area contributed by atoms with Crippen LogP contribution in [0.25, 0.3) is 5.65 Å². The topological polar surface area (TPSA) is 30.2 Å². The van der Waals surface area contributed by atoms with Crippen LogP contribution in [-0.4, -0.2) is 14.4 Å². The lowest BCUT2D eigenvalue weighted by Gasteiger charge is -2.02. The van der Waals surface area contributed by atoms with E-state index in [0.717, 1.165) is 29.3 Å². The van der Waals surface area contributed by atoms with Crippen molar-refractivity contribution in [3.05, 3.63) is 64.3 Å². The van der Waals surface area contributed by atoms with Crippen molar-refractivity contribution >= 4 is 17.2 Å². The van der Waals surface area contributed by atoms with Gasteiger partial charge in [0.25, 0.3) is 0 Å².